The number of nitrogens with zero attached hydrogens (tertiary/aromatic N) is 1. The molecule has 2 heterocycles. The molecule has 2 aliphatic heterocycles. The van der Waals surface area contributed by atoms with Crippen molar-refractivity contribution in [2.45, 2.75) is 69.3 Å². The van der Waals surface area contributed by atoms with E-state index >= 15 is 0 Å². The lowest BCUT2D eigenvalue weighted by molar-refractivity contribution is -0.141. The molecule has 3 rings (SSSR count). The second kappa shape index (κ2) is 8.53. The third-order valence-electron chi connectivity index (χ3n) is 5.61. The number of hydrogen-bond donors (Lipinski definition) is 3. The monoisotopic (exact) mass is 447 g/mol. The van der Waals surface area contributed by atoms with Crippen LogP contribution in [0.1, 0.15) is 62.3 Å². The van der Waals surface area contributed by atoms with Crippen LogP contribution in [0.15, 0.2) is 24.3 Å². The summed E-state index contributed by atoms with van der Waals surface area (Å²) in [4.78, 5) is 51.9. The highest BCUT2D eigenvalue weighted by molar-refractivity contribution is 8.01. The molecule has 1 fully saturated rings. The largest absolute Gasteiger partial charge is 0.480 e. The molecule has 168 valence electrons. The van der Waals surface area contributed by atoms with Gasteiger partial charge in [0.2, 0.25) is 11.8 Å². The van der Waals surface area contributed by atoms with E-state index in [1.807, 2.05) is 39.8 Å². The number of nitrogens with one attached hydrogen (secondary N) is 2. The van der Waals surface area contributed by atoms with Gasteiger partial charge in [-0.15, -0.1) is 11.8 Å². The molecule has 3 amide bonds. The molecule has 9 heteroatoms. The molecule has 0 aromatic heterocycles. The molecule has 1 aromatic carbocycles. The predicted octanol–water partition coefficient (Wildman–Crippen LogP) is 2.16. The van der Waals surface area contributed by atoms with Crippen molar-refractivity contribution in [3.05, 3.63) is 35.4 Å². The quantitative estimate of drug-likeness (QED) is 0.590. The van der Waals surface area contributed by atoms with Gasteiger partial charge in [0.25, 0.3) is 5.91 Å². The Labute approximate surface area is 186 Å². The molecule has 0 aliphatic carbocycles. The van der Waals surface area contributed by atoms with Crippen molar-refractivity contribution >= 4 is 35.5 Å². The molecule has 31 heavy (non-hydrogen) atoms. The highest BCUT2D eigenvalue weighted by Crippen LogP contribution is 2.56. The maximum Gasteiger partial charge on any atom is 0.325 e. The molecule has 2 aliphatic rings. The number of carboxylic acids is 1. The van der Waals surface area contributed by atoms with Crippen LogP contribution in [0.5, 0.6) is 0 Å². The van der Waals surface area contributed by atoms with Crippen molar-refractivity contribution in [1.29, 1.82) is 0 Å². The molecule has 0 radical (unpaired) electrons. The minimum absolute atomic E-state index is 0.0903. The lowest BCUT2D eigenvalue weighted by Gasteiger charge is -2.31. The number of carboxylic acid groups (broad SMARTS) is 1. The maximum absolute atomic E-state index is 13.4. The van der Waals surface area contributed by atoms with Crippen LogP contribution in [0.2, 0.25) is 0 Å². The number of fused-ring (bicyclic) bond motifs is 3. The Balaban J connectivity index is 1.83. The summed E-state index contributed by atoms with van der Waals surface area (Å²) in [5, 5.41) is 14.1. The van der Waals surface area contributed by atoms with Gasteiger partial charge in [-0.3, -0.25) is 19.2 Å². The number of amides is 3. The first-order valence-electron chi connectivity index (χ1n) is 10.4. The van der Waals surface area contributed by atoms with Gasteiger partial charge in [-0.25, -0.2) is 0 Å². The number of carbonyl (C=O) groups excluding carboxylic acids is 3. The standard InChI is InChI=1S/C22H29N3O5S/c1-11(2)10-15(17(26)23-12(3)21(29)30)24-18(27)16-22(4,5)31-20-14-9-7-6-8-13(14)19(28)25(16)20/h6-9,11-12,15-16,20H,10H2,1-5H3,(H,23,26)(H,24,27)(H,29,30)/t12-,15-,16-,20+/m0/s1. The van der Waals surface area contributed by atoms with Crippen LogP contribution >= 0.6 is 11.8 Å². The van der Waals surface area contributed by atoms with E-state index in [-0.39, 0.29) is 17.2 Å². The van der Waals surface area contributed by atoms with Crippen molar-refractivity contribution < 1.29 is 24.3 Å². The van der Waals surface area contributed by atoms with E-state index in [0.29, 0.717) is 12.0 Å². The lowest BCUT2D eigenvalue weighted by atomic mass is 9.98. The summed E-state index contributed by atoms with van der Waals surface area (Å²) in [7, 11) is 0. The highest BCUT2D eigenvalue weighted by Gasteiger charge is 2.57. The molecule has 4 atom stereocenters. The van der Waals surface area contributed by atoms with Gasteiger partial charge in [-0.1, -0.05) is 32.0 Å². The van der Waals surface area contributed by atoms with E-state index in [9.17, 15) is 19.2 Å². The zero-order chi connectivity index (χ0) is 23.1. The van der Waals surface area contributed by atoms with Crippen LogP contribution < -0.4 is 10.6 Å². The van der Waals surface area contributed by atoms with E-state index in [1.165, 1.54) is 6.92 Å². The van der Waals surface area contributed by atoms with Crippen LogP contribution in [-0.4, -0.2) is 56.6 Å². The number of carbonyl (C=O) groups is 4. The average molecular weight is 448 g/mol. The fourth-order valence-corrected chi connectivity index (χ4v) is 5.72. The molecule has 0 saturated carbocycles. The van der Waals surface area contributed by atoms with E-state index in [0.717, 1.165) is 5.56 Å². The van der Waals surface area contributed by atoms with Gasteiger partial charge in [-0.05, 0) is 44.7 Å². The van der Waals surface area contributed by atoms with E-state index in [4.69, 9.17) is 5.11 Å². The van der Waals surface area contributed by atoms with Crippen LogP contribution in [0.25, 0.3) is 0 Å². The zero-order valence-corrected chi connectivity index (χ0v) is 19.2. The van der Waals surface area contributed by atoms with Crippen molar-refractivity contribution in [2.75, 3.05) is 0 Å². The average Bonchev–Trinajstić information content (AvgIpc) is 3.10. The number of benzene rings is 1. The highest BCUT2D eigenvalue weighted by atomic mass is 32.2. The van der Waals surface area contributed by atoms with Crippen LogP contribution in [0, 0.1) is 5.92 Å². The summed E-state index contributed by atoms with van der Waals surface area (Å²) in [6, 6.07) is 4.62. The van der Waals surface area contributed by atoms with E-state index in [1.54, 1.807) is 28.8 Å². The SMILES string of the molecule is CC(C)C[C@H](NC(=O)[C@@H]1N2C(=O)c3ccccc3[C@H]2SC1(C)C)C(=O)N[C@@H](C)C(=O)O. The van der Waals surface area contributed by atoms with Crippen molar-refractivity contribution in [3.63, 3.8) is 0 Å². The van der Waals surface area contributed by atoms with Crippen molar-refractivity contribution in [3.8, 4) is 0 Å². The summed E-state index contributed by atoms with van der Waals surface area (Å²) >= 11 is 1.55. The Morgan fingerprint density at radius 1 is 1.16 bits per heavy atom. The van der Waals surface area contributed by atoms with Gasteiger partial charge in [0.05, 0.1) is 0 Å². The summed E-state index contributed by atoms with van der Waals surface area (Å²) in [6.07, 6.45) is 0.349. The van der Waals surface area contributed by atoms with Crippen LogP contribution in [-0.2, 0) is 14.4 Å². The fourth-order valence-electron chi connectivity index (χ4n) is 4.13. The maximum atomic E-state index is 13.4. The Hall–Kier alpha value is -2.55. The topological polar surface area (TPSA) is 116 Å². The Morgan fingerprint density at radius 3 is 2.42 bits per heavy atom. The molecule has 0 bridgehead atoms. The third-order valence-corrected chi connectivity index (χ3v) is 7.15. The first kappa shape index (κ1) is 23.1. The Kier molecular flexibility index (Phi) is 6.36. The number of thioether (sulfide) groups is 1. The molecule has 8 nitrogen and oxygen atoms in total. The van der Waals surface area contributed by atoms with Gasteiger partial charge in [0.1, 0.15) is 23.5 Å². The van der Waals surface area contributed by atoms with Crippen molar-refractivity contribution in [2.24, 2.45) is 5.92 Å². The van der Waals surface area contributed by atoms with Gasteiger partial charge in [0, 0.05) is 10.3 Å². The molecule has 0 spiro atoms. The van der Waals surface area contributed by atoms with Crippen molar-refractivity contribution in [1.82, 2.24) is 15.5 Å². The van der Waals surface area contributed by atoms with Crippen LogP contribution in [0.3, 0.4) is 0 Å². The van der Waals surface area contributed by atoms with Gasteiger partial charge < -0.3 is 20.6 Å². The molecule has 0 unspecified atom stereocenters. The third kappa shape index (κ3) is 4.42. The lowest BCUT2D eigenvalue weighted by Crippen LogP contribution is -2.58. The second-order valence-electron chi connectivity index (χ2n) is 9.04. The van der Waals surface area contributed by atoms with Gasteiger partial charge >= 0.3 is 5.97 Å². The van der Waals surface area contributed by atoms with E-state index < -0.39 is 40.7 Å². The normalized spacial score (nSPS) is 23.2. The summed E-state index contributed by atoms with van der Waals surface area (Å²) in [5.41, 5.74) is 1.49. The number of aliphatic carboxylic acids is 1. The Bertz CT molecular complexity index is 916. The molecular formula is C22H29N3O5S. The predicted molar refractivity (Wildman–Crippen MR) is 117 cm³/mol. The molecule has 1 saturated heterocycles. The molecule has 1 aromatic rings. The fraction of sp³-hybridized carbons (Fsp3) is 0.545. The summed E-state index contributed by atoms with van der Waals surface area (Å²) in [6.45, 7) is 9.04. The van der Waals surface area contributed by atoms with Gasteiger partial charge in [0.15, 0.2) is 0 Å². The number of hydrogen-bond acceptors (Lipinski definition) is 5. The second-order valence-corrected chi connectivity index (χ2v) is 10.8. The molecule has 3 N–H and O–H groups in total. The number of rotatable bonds is 7. The zero-order valence-electron chi connectivity index (χ0n) is 18.3. The van der Waals surface area contributed by atoms with Crippen LogP contribution in [0.4, 0.5) is 0 Å². The smallest absolute Gasteiger partial charge is 0.325 e. The summed E-state index contributed by atoms with van der Waals surface area (Å²) in [5.74, 6) is -2.21. The minimum Gasteiger partial charge on any atom is -0.480 e. The van der Waals surface area contributed by atoms with Gasteiger partial charge in [-0.2, -0.15) is 0 Å². The minimum atomic E-state index is -1.15. The van der Waals surface area contributed by atoms with E-state index in [2.05, 4.69) is 10.6 Å². The Morgan fingerprint density at radius 2 is 1.81 bits per heavy atom. The first-order valence-corrected chi connectivity index (χ1v) is 11.2. The summed E-state index contributed by atoms with van der Waals surface area (Å²) < 4.78 is -0.564. The molecular weight excluding hydrogens is 418 g/mol. The first-order chi connectivity index (χ1) is 14.4.